The fourth-order valence-electron chi connectivity index (χ4n) is 7.26. The first kappa shape index (κ1) is 29.7. The summed E-state index contributed by atoms with van der Waals surface area (Å²) in [5.74, 6) is -1.12. The van der Waals surface area contributed by atoms with Crippen LogP contribution in [0.3, 0.4) is 0 Å². The van der Waals surface area contributed by atoms with Gasteiger partial charge in [0.25, 0.3) is 0 Å². The van der Waals surface area contributed by atoms with Gasteiger partial charge in [-0.15, -0.1) is 0 Å². The van der Waals surface area contributed by atoms with Gasteiger partial charge in [-0.25, -0.2) is 13.2 Å². The van der Waals surface area contributed by atoms with Crippen LogP contribution in [0.1, 0.15) is 25.7 Å². The van der Waals surface area contributed by atoms with E-state index in [-0.39, 0.29) is 40.8 Å². The molecular formula is C33H32ClF3N6O2. The normalized spacial score (nSPS) is 23.2. The molecule has 234 valence electrons. The van der Waals surface area contributed by atoms with E-state index in [4.69, 9.17) is 21.3 Å². The minimum absolute atomic E-state index is 0.0241. The Labute approximate surface area is 263 Å². The number of amides is 1. The summed E-state index contributed by atoms with van der Waals surface area (Å²) in [5.41, 5.74) is -0.197. The van der Waals surface area contributed by atoms with Crippen molar-refractivity contribution in [1.29, 1.82) is 0 Å². The number of ether oxygens (including phenoxy) is 1. The van der Waals surface area contributed by atoms with Crippen molar-refractivity contribution in [3.05, 3.63) is 65.8 Å². The number of rotatable bonds is 7. The fourth-order valence-corrected chi connectivity index (χ4v) is 7.53. The molecule has 0 spiro atoms. The number of pyridine rings is 1. The third kappa shape index (κ3) is 5.06. The lowest BCUT2D eigenvalue weighted by Crippen LogP contribution is -2.43. The summed E-state index contributed by atoms with van der Waals surface area (Å²) in [4.78, 5) is 31.7. The van der Waals surface area contributed by atoms with Crippen molar-refractivity contribution in [3.8, 4) is 17.3 Å². The minimum Gasteiger partial charge on any atom is -0.461 e. The molecule has 3 fully saturated rings. The highest BCUT2D eigenvalue weighted by molar-refractivity contribution is 6.36. The standard InChI is InChI=1S/C33H32ClF3N6O2/c1-3-25(44)42-13-10-21(17-42)41(2)31-23-15-38-29(22-7-4-6-19-8-9-24(36)27(34)26(19)22)28(37)30(23)39-32(40-31)45-18-33-11-5-12-43(33)16-20(35)14-33/h3-4,6-9,15,20-21H,1,5,10-14,16-18H2,2H3/t20-,21+,33+/m0/s1. The number of fused-ring (bicyclic) bond motifs is 3. The molecule has 0 unspecified atom stereocenters. The lowest BCUT2D eigenvalue weighted by molar-refractivity contribution is -0.125. The van der Waals surface area contributed by atoms with Gasteiger partial charge in [-0.3, -0.25) is 14.7 Å². The molecule has 3 atom stereocenters. The Morgan fingerprint density at radius 2 is 2.07 bits per heavy atom. The van der Waals surface area contributed by atoms with Gasteiger partial charge in [0.15, 0.2) is 5.82 Å². The number of likely N-dealkylation sites (tertiary alicyclic amines) is 1. The molecule has 3 aliphatic heterocycles. The molecule has 7 rings (SSSR count). The summed E-state index contributed by atoms with van der Waals surface area (Å²) < 4.78 is 51.8. The molecule has 0 saturated carbocycles. The third-order valence-electron chi connectivity index (χ3n) is 9.60. The summed E-state index contributed by atoms with van der Waals surface area (Å²) in [6.45, 7) is 5.92. The highest BCUT2D eigenvalue weighted by atomic mass is 35.5. The van der Waals surface area contributed by atoms with Gasteiger partial charge in [0, 0.05) is 56.3 Å². The first-order chi connectivity index (χ1) is 21.7. The van der Waals surface area contributed by atoms with E-state index in [9.17, 15) is 13.6 Å². The van der Waals surface area contributed by atoms with E-state index >= 15 is 4.39 Å². The number of halogens is 4. The zero-order valence-electron chi connectivity index (χ0n) is 24.8. The van der Waals surface area contributed by atoms with Crippen molar-refractivity contribution >= 4 is 45.0 Å². The predicted molar refractivity (Wildman–Crippen MR) is 167 cm³/mol. The van der Waals surface area contributed by atoms with Crippen molar-refractivity contribution < 1.29 is 22.7 Å². The molecule has 2 aromatic carbocycles. The Morgan fingerprint density at radius 3 is 2.89 bits per heavy atom. The number of alkyl halides is 1. The maximum Gasteiger partial charge on any atom is 0.319 e. The highest BCUT2D eigenvalue weighted by Gasteiger charge is 2.49. The Bertz CT molecular complexity index is 1840. The number of anilines is 1. The van der Waals surface area contributed by atoms with E-state index in [2.05, 4.69) is 21.4 Å². The summed E-state index contributed by atoms with van der Waals surface area (Å²) in [7, 11) is 1.83. The summed E-state index contributed by atoms with van der Waals surface area (Å²) in [5, 5.41) is 1.20. The maximum absolute atomic E-state index is 16.6. The van der Waals surface area contributed by atoms with Gasteiger partial charge in [0.1, 0.15) is 35.6 Å². The van der Waals surface area contributed by atoms with Gasteiger partial charge in [0.2, 0.25) is 5.91 Å². The summed E-state index contributed by atoms with van der Waals surface area (Å²) >= 11 is 6.38. The average molecular weight is 637 g/mol. The number of carbonyl (C=O) groups is 1. The number of likely N-dealkylation sites (N-methyl/N-ethyl adjacent to an activating group) is 1. The van der Waals surface area contributed by atoms with E-state index in [0.717, 1.165) is 19.4 Å². The van der Waals surface area contributed by atoms with Crippen LogP contribution in [0.15, 0.2) is 49.2 Å². The van der Waals surface area contributed by atoms with Crippen LogP contribution in [0, 0.1) is 11.6 Å². The van der Waals surface area contributed by atoms with Gasteiger partial charge < -0.3 is 14.5 Å². The van der Waals surface area contributed by atoms with Gasteiger partial charge in [-0.2, -0.15) is 9.97 Å². The molecule has 45 heavy (non-hydrogen) atoms. The van der Waals surface area contributed by atoms with Crippen molar-refractivity contribution in [2.75, 3.05) is 44.7 Å². The fraction of sp³-hybridized carbons (Fsp3) is 0.394. The molecule has 2 aromatic heterocycles. The van der Waals surface area contributed by atoms with Crippen molar-refractivity contribution in [1.82, 2.24) is 24.8 Å². The largest absolute Gasteiger partial charge is 0.461 e. The Balaban J connectivity index is 1.33. The second kappa shape index (κ2) is 11.4. The molecule has 12 heteroatoms. The first-order valence-corrected chi connectivity index (χ1v) is 15.5. The minimum atomic E-state index is -0.930. The second-order valence-electron chi connectivity index (χ2n) is 12.2. The quantitative estimate of drug-likeness (QED) is 0.232. The van der Waals surface area contributed by atoms with E-state index in [1.54, 1.807) is 29.2 Å². The van der Waals surface area contributed by atoms with Crippen LogP contribution >= 0.6 is 11.6 Å². The van der Waals surface area contributed by atoms with E-state index in [1.807, 2.05) is 11.9 Å². The van der Waals surface area contributed by atoms with Crippen molar-refractivity contribution in [2.24, 2.45) is 0 Å². The van der Waals surface area contributed by atoms with Crippen molar-refractivity contribution in [3.63, 3.8) is 0 Å². The van der Waals surface area contributed by atoms with Gasteiger partial charge in [-0.05, 0) is 43.3 Å². The lowest BCUT2D eigenvalue weighted by atomic mass is 9.95. The molecular weight excluding hydrogens is 605 g/mol. The van der Waals surface area contributed by atoms with E-state index < -0.39 is 23.3 Å². The van der Waals surface area contributed by atoms with Crippen LogP contribution in [0.5, 0.6) is 6.01 Å². The maximum atomic E-state index is 16.6. The summed E-state index contributed by atoms with van der Waals surface area (Å²) in [6, 6.07) is 7.83. The van der Waals surface area contributed by atoms with Gasteiger partial charge >= 0.3 is 6.01 Å². The second-order valence-corrected chi connectivity index (χ2v) is 12.6. The van der Waals surface area contributed by atoms with Crippen LogP contribution in [-0.4, -0.2) is 88.2 Å². The zero-order chi connectivity index (χ0) is 31.5. The SMILES string of the molecule is C=CC(=O)N1CC[C@@H](N(C)c2nc(OC[C@]34CCCN3C[C@@H](F)C4)nc3c(F)c(-c4cccc5ccc(F)c(Cl)c45)ncc23)C1. The smallest absolute Gasteiger partial charge is 0.319 e. The molecule has 0 aliphatic carbocycles. The Kier molecular flexibility index (Phi) is 7.56. The third-order valence-corrected chi connectivity index (χ3v) is 9.97. The van der Waals surface area contributed by atoms with Gasteiger partial charge in [0.05, 0.1) is 15.9 Å². The monoisotopic (exact) mass is 636 g/mol. The summed E-state index contributed by atoms with van der Waals surface area (Å²) in [6.07, 6.45) is 4.63. The molecule has 0 radical (unpaired) electrons. The number of nitrogens with zero attached hydrogens (tertiary/aromatic N) is 6. The van der Waals surface area contributed by atoms with Crippen LogP contribution < -0.4 is 9.64 Å². The molecule has 5 heterocycles. The molecule has 3 aliphatic rings. The Morgan fingerprint density at radius 1 is 1.22 bits per heavy atom. The zero-order valence-corrected chi connectivity index (χ0v) is 25.5. The first-order valence-electron chi connectivity index (χ1n) is 15.1. The van der Waals surface area contributed by atoms with Crippen molar-refractivity contribution in [2.45, 2.75) is 43.4 Å². The lowest BCUT2D eigenvalue weighted by Gasteiger charge is -2.31. The number of hydrogen-bond acceptors (Lipinski definition) is 7. The number of carbonyl (C=O) groups excluding carboxylic acids is 1. The van der Waals surface area contributed by atoms with E-state index in [0.29, 0.717) is 60.0 Å². The number of benzene rings is 2. The van der Waals surface area contributed by atoms with Crippen LogP contribution in [0.2, 0.25) is 5.02 Å². The van der Waals surface area contributed by atoms with Gasteiger partial charge in [-0.1, -0.05) is 42.4 Å². The topological polar surface area (TPSA) is 74.7 Å². The van der Waals surface area contributed by atoms with Crippen LogP contribution in [0.25, 0.3) is 32.9 Å². The molecule has 0 N–H and O–H groups in total. The predicted octanol–water partition coefficient (Wildman–Crippen LogP) is 5.95. The number of aromatic nitrogens is 3. The average Bonchev–Trinajstić information content (AvgIpc) is 3.76. The van der Waals surface area contributed by atoms with E-state index in [1.165, 1.54) is 18.3 Å². The Hall–Kier alpha value is -3.96. The number of hydrogen-bond donors (Lipinski definition) is 0. The highest BCUT2D eigenvalue weighted by Crippen LogP contribution is 2.41. The molecule has 0 bridgehead atoms. The molecule has 8 nitrogen and oxygen atoms in total. The molecule has 4 aromatic rings. The molecule has 1 amide bonds. The van der Waals surface area contributed by atoms with Crippen LogP contribution in [-0.2, 0) is 4.79 Å². The molecule has 3 saturated heterocycles. The van der Waals surface area contributed by atoms with Crippen LogP contribution in [0.4, 0.5) is 19.0 Å².